The van der Waals surface area contributed by atoms with Crippen LogP contribution in [0.2, 0.25) is 0 Å². The molecular formula is C14H10N4O4. The first-order chi connectivity index (χ1) is 10.6. The normalized spacial score (nSPS) is 10.4. The van der Waals surface area contributed by atoms with Crippen LogP contribution >= 0.6 is 0 Å². The molecule has 0 aliphatic carbocycles. The molecule has 1 aromatic carbocycles. The smallest absolute Gasteiger partial charge is 0.409 e. The minimum Gasteiger partial charge on any atom is -0.465 e. The first-order valence-electron chi connectivity index (χ1n) is 6.24. The number of H-pyrrole nitrogens is 1. The summed E-state index contributed by atoms with van der Waals surface area (Å²) < 4.78 is 5.69. The van der Waals surface area contributed by atoms with Gasteiger partial charge in [0.1, 0.15) is 11.3 Å². The molecular weight excluding hydrogens is 288 g/mol. The van der Waals surface area contributed by atoms with Crippen molar-refractivity contribution < 1.29 is 14.6 Å². The van der Waals surface area contributed by atoms with Crippen LogP contribution in [0.4, 0.5) is 10.5 Å². The molecule has 0 unspecified atom stereocenters. The Labute approximate surface area is 123 Å². The number of hydrogen-bond donors (Lipinski definition) is 3. The second-order valence-electron chi connectivity index (χ2n) is 4.31. The van der Waals surface area contributed by atoms with Crippen molar-refractivity contribution in [3.63, 3.8) is 0 Å². The van der Waals surface area contributed by atoms with E-state index in [1.807, 2.05) is 0 Å². The van der Waals surface area contributed by atoms with Gasteiger partial charge in [-0.05, 0) is 24.3 Å². The third kappa shape index (κ3) is 2.85. The highest BCUT2D eigenvalue weighted by Crippen LogP contribution is 2.26. The third-order valence-corrected chi connectivity index (χ3v) is 2.77. The highest BCUT2D eigenvalue weighted by Gasteiger charge is 2.07. The van der Waals surface area contributed by atoms with Crippen LogP contribution in [0.5, 0.6) is 11.5 Å². The molecule has 0 bridgehead atoms. The van der Waals surface area contributed by atoms with Crippen molar-refractivity contribution in [2.45, 2.75) is 0 Å². The molecule has 0 saturated heterocycles. The minimum absolute atomic E-state index is 0.328. The van der Waals surface area contributed by atoms with E-state index in [0.29, 0.717) is 28.4 Å². The largest absolute Gasteiger partial charge is 0.465 e. The lowest BCUT2D eigenvalue weighted by Crippen LogP contribution is -2.07. The van der Waals surface area contributed by atoms with Crippen molar-refractivity contribution in [3.05, 3.63) is 53.1 Å². The zero-order valence-corrected chi connectivity index (χ0v) is 11.1. The number of carbonyl (C=O) groups is 1. The molecule has 3 aromatic rings. The van der Waals surface area contributed by atoms with E-state index in [9.17, 15) is 9.59 Å². The van der Waals surface area contributed by atoms with Crippen molar-refractivity contribution in [3.8, 4) is 11.5 Å². The maximum Gasteiger partial charge on any atom is 0.409 e. The molecule has 0 radical (unpaired) electrons. The van der Waals surface area contributed by atoms with E-state index in [0.717, 1.165) is 6.20 Å². The Bertz CT molecular complexity index is 889. The molecule has 2 heterocycles. The summed E-state index contributed by atoms with van der Waals surface area (Å²) in [4.78, 5) is 32.3. The van der Waals surface area contributed by atoms with Gasteiger partial charge in [0.05, 0.1) is 6.20 Å². The van der Waals surface area contributed by atoms with E-state index in [-0.39, 0.29) is 5.56 Å². The van der Waals surface area contributed by atoms with Crippen LogP contribution in [0.3, 0.4) is 0 Å². The topological polar surface area (TPSA) is 117 Å². The highest BCUT2D eigenvalue weighted by atomic mass is 16.5. The molecule has 0 atom stereocenters. The van der Waals surface area contributed by atoms with Gasteiger partial charge in [0.15, 0.2) is 11.4 Å². The summed E-state index contributed by atoms with van der Waals surface area (Å²) in [7, 11) is 0. The van der Waals surface area contributed by atoms with E-state index in [1.165, 1.54) is 6.20 Å². The lowest BCUT2D eigenvalue weighted by Gasteiger charge is -2.08. The number of fused-ring (bicyclic) bond motifs is 1. The maximum absolute atomic E-state index is 11.2. The van der Waals surface area contributed by atoms with Crippen LogP contribution in [-0.4, -0.2) is 26.2 Å². The van der Waals surface area contributed by atoms with Crippen LogP contribution in [0.25, 0.3) is 11.2 Å². The minimum atomic E-state index is -1.14. The molecule has 0 saturated carbocycles. The first-order valence-corrected chi connectivity index (χ1v) is 6.24. The molecule has 0 aliphatic heterocycles. The highest BCUT2D eigenvalue weighted by molar-refractivity contribution is 5.83. The second kappa shape index (κ2) is 5.52. The molecule has 3 rings (SSSR count). The molecule has 0 fully saturated rings. The predicted octanol–water partition coefficient (Wildman–Crippen LogP) is 2.20. The summed E-state index contributed by atoms with van der Waals surface area (Å²) in [6.07, 6.45) is 1.51. The van der Waals surface area contributed by atoms with E-state index in [1.54, 1.807) is 30.3 Å². The Morgan fingerprint density at radius 1 is 1.18 bits per heavy atom. The molecule has 3 N–H and O–H groups in total. The molecule has 8 nitrogen and oxygen atoms in total. The lowest BCUT2D eigenvalue weighted by atomic mass is 10.3. The van der Waals surface area contributed by atoms with E-state index in [4.69, 9.17) is 9.84 Å². The van der Waals surface area contributed by atoms with Gasteiger partial charge in [-0.3, -0.25) is 10.1 Å². The molecule has 0 aliphatic rings. The number of hydrogen-bond acceptors (Lipinski definition) is 5. The van der Waals surface area contributed by atoms with Crippen LogP contribution in [-0.2, 0) is 0 Å². The standard InChI is InChI=1S/C14H10N4O4/c19-11-7-16-12-10(5-6-15-13(12)18-11)22-9-3-1-8(2-4-9)17-14(20)21/h1-7,17H,(H,20,21)(H,15,18,19). The number of carboxylic acid groups (broad SMARTS) is 1. The van der Waals surface area contributed by atoms with Crippen molar-refractivity contribution in [1.82, 2.24) is 15.0 Å². The molecule has 22 heavy (non-hydrogen) atoms. The van der Waals surface area contributed by atoms with E-state index < -0.39 is 6.09 Å². The fraction of sp³-hybridized carbons (Fsp3) is 0. The fourth-order valence-electron chi connectivity index (χ4n) is 1.86. The van der Waals surface area contributed by atoms with Crippen molar-refractivity contribution in [2.75, 3.05) is 5.32 Å². The van der Waals surface area contributed by atoms with Gasteiger partial charge < -0.3 is 14.8 Å². The number of anilines is 1. The summed E-state index contributed by atoms with van der Waals surface area (Å²) in [5.74, 6) is 0.927. The van der Waals surface area contributed by atoms with E-state index >= 15 is 0 Å². The molecule has 8 heteroatoms. The van der Waals surface area contributed by atoms with E-state index in [2.05, 4.69) is 20.3 Å². The van der Waals surface area contributed by atoms with Gasteiger partial charge in [0.25, 0.3) is 5.56 Å². The Morgan fingerprint density at radius 2 is 1.95 bits per heavy atom. The molecule has 0 spiro atoms. The average molecular weight is 298 g/mol. The van der Waals surface area contributed by atoms with Gasteiger partial charge in [0, 0.05) is 18.0 Å². The lowest BCUT2D eigenvalue weighted by molar-refractivity contribution is 0.209. The SMILES string of the molecule is O=C(O)Nc1ccc(Oc2ccnc3[nH]c(=O)cnc23)cc1. The zero-order valence-electron chi connectivity index (χ0n) is 11.1. The summed E-state index contributed by atoms with van der Waals surface area (Å²) >= 11 is 0. The van der Waals surface area contributed by atoms with Crippen LogP contribution in [0.15, 0.2) is 47.5 Å². The second-order valence-corrected chi connectivity index (χ2v) is 4.31. The van der Waals surface area contributed by atoms with Gasteiger partial charge in [0.2, 0.25) is 0 Å². The van der Waals surface area contributed by atoms with Crippen LogP contribution < -0.4 is 15.6 Å². The summed E-state index contributed by atoms with van der Waals surface area (Å²) in [6.45, 7) is 0. The number of nitrogens with one attached hydrogen (secondary N) is 2. The number of benzene rings is 1. The number of ether oxygens (including phenoxy) is 1. The number of rotatable bonds is 3. The Morgan fingerprint density at radius 3 is 2.68 bits per heavy atom. The van der Waals surface area contributed by atoms with Gasteiger partial charge in [-0.1, -0.05) is 0 Å². The average Bonchev–Trinajstić information content (AvgIpc) is 2.48. The monoisotopic (exact) mass is 298 g/mol. The van der Waals surface area contributed by atoms with Crippen molar-refractivity contribution in [2.24, 2.45) is 0 Å². The molecule has 2 aromatic heterocycles. The van der Waals surface area contributed by atoms with Crippen molar-refractivity contribution >= 4 is 22.9 Å². The maximum atomic E-state index is 11.2. The summed E-state index contributed by atoms with van der Waals surface area (Å²) in [5.41, 5.74) is 0.840. The molecule has 110 valence electrons. The Balaban J connectivity index is 1.90. The van der Waals surface area contributed by atoms with Crippen molar-refractivity contribution in [1.29, 1.82) is 0 Å². The van der Waals surface area contributed by atoms with Gasteiger partial charge in [-0.25, -0.2) is 14.8 Å². The zero-order chi connectivity index (χ0) is 15.5. The number of aromatic nitrogens is 3. The van der Waals surface area contributed by atoms with Gasteiger partial charge in [-0.15, -0.1) is 0 Å². The predicted molar refractivity (Wildman–Crippen MR) is 78.3 cm³/mol. The number of nitrogens with zero attached hydrogens (tertiary/aromatic N) is 2. The number of amides is 1. The molecule has 1 amide bonds. The third-order valence-electron chi connectivity index (χ3n) is 2.77. The summed E-state index contributed by atoms with van der Waals surface area (Å²) in [6, 6.07) is 7.99. The van der Waals surface area contributed by atoms with Crippen LogP contribution in [0.1, 0.15) is 0 Å². The Kier molecular flexibility index (Phi) is 3.40. The van der Waals surface area contributed by atoms with Gasteiger partial charge in [-0.2, -0.15) is 0 Å². The quantitative estimate of drug-likeness (QED) is 0.682. The van der Waals surface area contributed by atoms with Gasteiger partial charge >= 0.3 is 6.09 Å². The van der Waals surface area contributed by atoms with Crippen LogP contribution in [0, 0.1) is 0 Å². The Hall–Kier alpha value is -3.42. The first kappa shape index (κ1) is 13.6. The summed E-state index contributed by atoms with van der Waals surface area (Å²) in [5, 5.41) is 10.9. The fourth-order valence-corrected chi connectivity index (χ4v) is 1.86. The number of aromatic amines is 1. The number of pyridine rings is 1.